The Morgan fingerprint density at radius 1 is 0.939 bits per heavy atom. The van der Waals surface area contributed by atoms with Gasteiger partial charge in [-0.3, -0.25) is 14.4 Å². The van der Waals surface area contributed by atoms with E-state index in [4.69, 9.17) is 9.15 Å². The lowest BCUT2D eigenvalue weighted by Crippen LogP contribution is -2.71. The number of hydrogen-bond acceptors (Lipinski definition) is 5. The molecular weight excluding hydrogens is 420 g/mol. The van der Waals surface area contributed by atoms with E-state index in [1.54, 1.807) is 12.3 Å². The topological polar surface area (TPSA) is 88.9 Å². The normalized spacial score (nSPS) is 17.3. The number of esters is 1. The molecule has 170 valence electrons. The molecule has 1 aliphatic rings. The Kier molecular flexibility index (Phi) is 7.19. The molecule has 0 spiro atoms. The number of aryl methyl sites for hydroxylation is 1. The predicted octanol–water partition coefficient (Wildman–Crippen LogP) is 2.89. The maximum absolute atomic E-state index is 12.8. The van der Waals surface area contributed by atoms with Crippen LogP contribution in [0, 0.1) is 0 Å². The number of ether oxygens (including phenoxy) is 1. The number of likely N-dealkylation sites (tertiary alicyclic amines) is 1. The second-order valence-corrected chi connectivity index (χ2v) is 8.01. The quantitative estimate of drug-likeness (QED) is 0.382. The second-order valence-electron chi connectivity index (χ2n) is 8.01. The molecule has 0 bridgehead atoms. The Morgan fingerprint density at radius 3 is 2.30 bits per heavy atom. The first-order valence-corrected chi connectivity index (χ1v) is 11.0. The van der Waals surface area contributed by atoms with Gasteiger partial charge in [-0.1, -0.05) is 60.7 Å². The monoisotopic (exact) mass is 446 g/mol. The molecular formula is C26H26N2O5. The van der Waals surface area contributed by atoms with Crippen LogP contribution < -0.4 is 5.32 Å². The molecule has 3 aromatic rings. The van der Waals surface area contributed by atoms with E-state index in [2.05, 4.69) is 5.32 Å². The standard InChI is InChI=1S/C26H26N2O5/c29-23(16-19-8-3-1-4-9-19)27-25-22(14-13-21-12-7-15-32-21)28(26(25)31)17-24(30)33-18-20-10-5-2-6-11-20/h1-12,15,22,25H,13-14,16-18H2,(H,27,29)/t22-,25+/m1/s1. The molecule has 1 aliphatic heterocycles. The van der Waals surface area contributed by atoms with Gasteiger partial charge in [0.2, 0.25) is 11.8 Å². The van der Waals surface area contributed by atoms with Crippen LogP contribution in [0.5, 0.6) is 0 Å². The maximum Gasteiger partial charge on any atom is 0.325 e. The fourth-order valence-corrected chi connectivity index (χ4v) is 3.95. The van der Waals surface area contributed by atoms with Gasteiger partial charge in [0.15, 0.2) is 0 Å². The van der Waals surface area contributed by atoms with Gasteiger partial charge in [0.25, 0.3) is 0 Å². The molecule has 33 heavy (non-hydrogen) atoms. The van der Waals surface area contributed by atoms with Gasteiger partial charge in [0, 0.05) is 6.42 Å². The van der Waals surface area contributed by atoms with Gasteiger partial charge < -0.3 is 19.4 Å². The molecule has 2 heterocycles. The third-order valence-electron chi connectivity index (χ3n) is 5.67. The van der Waals surface area contributed by atoms with Crippen molar-refractivity contribution in [3.8, 4) is 0 Å². The van der Waals surface area contributed by atoms with Crippen LogP contribution in [-0.4, -0.2) is 41.3 Å². The summed E-state index contributed by atoms with van der Waals surface area (Å²) in [5.74, 6) is -0.203. The molecule has 2 aromatic carbocycles. The largest absolute Gasteiger partial charge is 0.469 e. The number of carbonyl (C=O) groups excluding carboxylic acids is 3. The van der Waals surface area contributed by atoms with Gasteiger partial charge in [-0.15, -0.1) is 0 Å². The summed E-state index contributed by atoms with van der Waals surface area (Å²) < 4.78 is 10.7. The molecule has 4 rings (SSSR count). The molecule has 7 heteroatoms. The first-order chi connectivity index (χ1) is 16.1. The summed E-state index contributed by atoms with van der Waals surface area (Å²) in [6.45, 7) is -0.00441. The van der Waals surface area contributed by atoms with E-state index in [1.165, 1.54) is 4.90 Å². The van der Waals surface area contributed by atoms with Crippen molar-refractivity contribution in [3.05, 3.63) is 95.9 Å². The van der Waals surface area contributed by atoms with Crippen LogP contribution in [0.1, 0.15) is 23.3 Å². The van der Waals surface area contributed by atoms with Crippen molar-refractivity contribution >= 4 is 17.8 Å². The number of hydrogen-bond donors (Lipinski definition) is 1. The van der Waals surface area contributed by atoms with Crippen LogP contribution in [-0.2, 0) is 38.6 Å². The number of furan rings is 1. The van der Waals surface area contributed by atoms with Crippen LogP contribution in [0.2, 0.25) is 0 Å². The molecule has 0 aliphatic carbocycles. The van der Waals surface area contributed by atoms with Crippen molar-refractivity contribution in [2.45, 2.75) is 38.0 Å². The maximum atomic E-state index is 12.8. The molecule has 0 radical (unpaired) electrons. The lowest BCUT2D eigenvalue weighted by molar-refractivity contribution is -0.163. The van der Waals surface area contributed by atoms with E-state index < -0.39 is 12.0 Å². The lowest BCUT2D eigenvalue weighted by Gasteiger charge is -2.46. The Morgan fingerprint density at radius 2 is 1.64 bits per heavy atom. The van der Waals surface area contributed by atoms with Crippen LogP contribution in [0.3, 0.4) is 0 Å². The summed E-state index contributed by atoms with van der Waals surface area (Å²) in [7, 11) is 0. The Balaban J connectivity index is 1.36. The van der Waals surface area contributed by atoms with E-state index >= 15 is 0 Å². The summed E-state index contributed by atoms with van der Waals surface area (Å²) >= 11 is 0. The van der Waals surface area contributed by atoms with Crippen molar-refractivity contribution in [2.24, 2.45) is 0 Å². The summed E-state index contributed by atoms with van der Waals surface area (Å²) in [6.07, 6.45) is 2.93. The Bertz CT molecular complexity index is 1070. The second kappa shape index (κ2) is 10.6. The average Bonchev–Trinajstić information content (AvgIpc) is 3.36. The van der Waals surface area contributed by atoms with Crippen LogP contribution >= 0.6 is 0 Å². The van der Waals surface area contributed by atoms with Crippen molar-refractivity contribution in [1.29, 1.82) is 0 Å². The molecule has 2 amide bonds. The lowest BCUT2D eigenvalue weighted by atomic mass is 9.90. The summed E-state index contributed by atoms with van der Waals surface area (Å²) in [4.78, 5) is 39.2. The van der Waals surface area contributed by atoms with Crippen molar-refractivity contribution in [1.82, 2.24) is 10.2 Å². The van der Waals surface area contributed by atoms with Crippen LogP contribution in [0.25, 0.3) is 0 Å². The Labute approximate surface area is 192 Å². The number of benzene rings is 2. The SMILES string of the molecule is O=C(Cc1ccccc1)N[C@@H]1C(=O)N(CC(=O)OCc2ccccc2)[C@@H]1CCc1ccco1. The fraction of sp³-hybridized carbons (Fsp3) is 0.269. The highest BCUT2D eigenvalue weighted by molar-refractivity contribution is 5.95. The van der Waals surface area contributed by atoms with Gasteiger partial charge in [0.05, 0.1) is 18.7 Å². The number of carbonyl (C=O) groups is 3. The van der Waals surface area contributed by atoms with Gasteiger partial charge in [0.1, 0.15) is 25.0 Å². The molecule has 0 saturated carbocycles. The van der Waals surface area contributed by atoms with E-state index in [1.807, 2.05) is 66.7 Å². The van der Waals surface area contributed by atoms with Gasteiger partial charge in [-0.25, -0.2) is 0 Å². The number of nitrogens with zero attached hydrogens (tertiary/aromatic N) is 1. The molecule has 2 atom stereocenters. The minimum Gasteiger partial charge on any atom is -0.469 e. The molecule has 7 nitrogen and oxygen atoms in total. The molecule has 1 aromatic heterocycles. The van der Waals surface area contributed by atoms with E-state index in [0.717, 1.165) is 16.9 Å². The van der Waals surface area contributed by atoms with E-state index in [9.17, 15) is 14.4 Å². The minimum atomic E-state index is -0.668. The van der Waals surface area contributed by atoms with Crippen LogP contribution in [0.4, 0.5) is 0 Å². The number of β-lactam (4-membered cyclic amide) rings is 1. The number of nitrogens with one attached hydrogen (secondary N) is 1. The van der Waals surface area contributed by atoms with Crippen molar-refractivity contribution in [2.75, 3.05) is 6.54 Å². The molecule has 1 N–H and O–H groups in total. The average molecular weight is 447 g/mol. The number of amides is 2. The molecule has 0 unspecified atom stereocenters. The zero-order valence-corrected chi connectivity index (χ0v) is 18.2. The van der Waals surface area contributed by atoms with E-state index in [0.29, 0.717) is 12.8 Å². The van der Waals surface area contributed by atoms with Crippen LogP contribution in [0.15, 0.2) is 83.5 Å². The highest BCUT2D eigenvalue weighted by Crippen LogP contribution is 2.25. The predicted molar refractivity (Wildman–Crippen MR) is 121 cm³/mol. The highest BCUT2D eigenvalue weighted by atomic mass is 16.5. The molecule has 1 saturated heterocycles. The Hall–Kier alpha value is -3.87. The summed E-state index contributed by atoms with van der Waals surface area (Å²) in [6, 6.07) is 21.4. The van der Waals surface area contributed by atoms with Crippen molar-refractivity contribution in [3.63, 3.8) is 0 Å². The first kappa shape index (κ1) is 22.3. The summed E-state index contributed by atoms with van der Waals surface area (Å²) in [5, 5.41) is 2.84. The van der Waals surface area contributed by atoms with E-state index in [-0.39, 0.29) is 37.4 Å². The first-order valence-electron chi connectivity index (χ1n) is 11.0. The molecule has 1 fully saturated rings. The third kappa shape index (κ3) is 5.88. The van der Waals surface area contributed by atoms with Gasteiger partial charge in [-0.2, -0.15) is 0 Å². The summed E-state index contributed by atoms with van der Waals surface area (Å²) in [5.41, 5.74) is 1.75. The zero-order valence-electron chi connectivity index (χ0n) is 18.2. The zero-order chi connectivity index (χ0) is 23.0. The number of rotatable bonds is 10. The minimum absolute atomic E-state index is 0.149. The highest BCUT2D eigenvalue weighted by Gasteiger charge is 2.48. The van der Waals surface area contributed by atoms with Crippen molar-refractivity contribution < 1.29 is 23.5 Å². The van der Waals surface area contributed by atoms with Gasteiger partial charge in [-0.05, 0) is 29.7 Å². The fourth-order valence-electron chi connectivity index (χ4n) is 3.95. The third-order valence-corrected chi connectivity index (χ3v) is 5.67. The van der Waals surface area contributed by atoms with Gasteiger partial charge >= 0.3 is 5.97 Å². The smallest absolute Gasteiger partial charge is 0.325 e.